The number of rotatable bonds is 8. The van der Waals surface area contributed by atoms with E-state index < -0.39 is 4.92 Å². The maximum atomic E-state index is 13.3. The molecule has 1 saturated heterocycles. The Bertz CT molecular complexity index is 837. The number of carbonyl (C=O) groups excluding carboxylic acids is 2. The van der Waals surface area contributed by atoms with Crippen LogP contribution in [0.3, 0.4) is 0 Å². The minimum absolute atomic E-state index is 0.0330. The van der Waals surface area contributed by atoms with Crippen molar-refractivity contribution in [3.63, 3.8) is 0 Å². The molecular weight excluding hydrogens is 382 g/mol. The molecule has 0 saturated carbocycles. The maximum Gasteiger partial charge on any atom is 0.277 e. The van der Waals surface area contributed by atoms with Crippen LogP contribution in [0.15, 0.2) is 30.0 Å². The van der Waals surface area contributed by atoms with Crippen LogP contribution in [0.25, 0.3) is 5.57 Å². The molecule has 2 amide bonds. The number of hydrogen-bond acceptors (Lipinski definition) is 5. The lowest BCUT2D eigenvalue weighted by molar-refractivity contribution is -0.384. The molecule has 0 aliphatic carbocycles. The van der Waals surface area contributed by atoms with Crippen molar-refractivity contribution in [3.05, 3.63) is 45.6 Å². The molecule has 2 aliphatic rings. The topological polar surface area (TPSA) is 83.8 Å². The molecule has 0 spiro atoms. The molecule has 2 heterocycles. The van der Waals surface area contributed by atoms with E-state index in [0.717, 1.165) is 45.2 Å². The van der Waals surface area contributed by atoms with E-state index in [2.05, 4.69) is 25.7 Å². The second kappa shape index (κ2) is 9.41. The summed E-state index contributed by atoms with van der Waals surface area (Å²) in [4.78, 5) is 40.6. The van der Waals surface area contributed by atoms with Gasteiger partial charge in [0.15, 0.2) is 0 Å². The van der Waals surface area contributed by atoms with Gasteiger partial charge in [-0.05, 0) is 42.4 Å². The summed E-state index contributed by atoms with van der Waals surface area (Å²) in [5, 5.41) is 11.0. The van der Waals surface area contributed by atoms with Crippen LogP contribution in [-0.2, 0) is 9.59 Å². The predicted octanol–water partition coefficient (Wildman–Crippen LogP) is 4.23. The van der Waals surface area contributed by atoms with Gasteiger partial charge in [0.05, 0.1) is 10.5 Å². The number of hydrogen-bond donors (Lipinski definition) is 0. The van der Waals surface area contributed by atoms with Crippen molar-refractivity contribution in [2.45, 2.75) is 52.9 Å². The number of nitro benzene ring substituents is 1. The summed E-state index contributed by atoms with van der Waals surface area (Å²) in [6, 6.07) is 5.94. The van der Waals surface area contributed by atoms with E-state index in [-0.39, 0.29) is 17.5 Å². The molecule has 162 valence electrons. The van der Waals surface area contributed by atoms with Gasteiger partial charge in [-0.2, -0.15) is 0 Å². The Morgan fingerprint density at radius 2 is 1.63 bits per heavy atom. The summed E-state index contributed by atoms with van der Waals surface area (Å²) in [5.74, 6) is 0.346. The third-order valence-electron chi connectivity index (χ3n) is 5.93. The second-order valence-corrected chi connectivity index (χ2v) is 8.70. The number of nitro groups is 1. The van der Waals surface area contributed by atoms with Crippen LogP contribution in [-0.4, -0.2) is 46.2 Å². The van der Waals surface area contributed by atoms with Gasteiger partial charge in [-0.1, -0.05) is 40.0 Å². The van der Waals surface area contributed by atoms with Gasteiger partial charge < -0.3 is 4.90 Å². The van der Waals surface area contributed by atoms with Gasteiger partial charge in [0.25, 0.3) is 17.5 Å². The fourth-order valence-electron chi connectivity index (χ4n) is 4.61. The summed E-state index contributed by atoms with van der Waals surface area (Å²) in [5.41, 5.74) is 1.37. The highest BCUT2D eigenvalue weighted by Crippen LogP contribution is 2.35. The highest BCUT2D eigenvalue weighted by molar-refractivity contribution is 6.35. The van der Waals surface area contributed by atoms with Crippen LogP contribution >= 0.6 is 0 Å². The van der Waals surface area contributed by atoms with Crippen LogP contribution in [0.1, 0.15) is 58.4 Å². The monoisotopic (exact) mass is 413 g/mol. The first-order valence-electron chi connectivity index (χ1n) is 10.9. The zero-order valence-corrected chi connectivity index (χ0v) is 18.1. The summed E-state index contributed by atoms with van der Waals surface area (Å²) in [6.45, 7) is 8.34. The Kier molecular flexibility index (Phi) is 6.90. The van der Waals surface area contributed by atoms with Gasteiger partial charge in [0.2, 0.25) is 0 Å². The van der Waals surface area contributed by atoms with Crippen molar-refractivity contribution in [1.29, 1.82) is 0 Å². The number of carbonyl (C=O) groups is 2. The Morgan fingerprint density at radius 3 is 2.20 bits per heavy atom. The van der Waals surface area contributed by atoms with Gasteiger partial charge in [-0.15, -0.1) is 0 Å². The highest BCUT2D eigenvalue weighted by atomic mass is 16.6. The van der Waals surface area contributed by atoms with E-state index in [1.165, 1.54) is 17.0 Å². The average molecular weight is 414 g/mol. The summed E-state index contributed by atoms with van der Waals surface area (Å²) < 4.78 is 0. The molecule has 1 aromatic carbocycles. The number of piperidine rings is 1. The summed E-state index contributed by atoms with van der Waals surface area (Å²) in [7, 11) is 0. The number of imide groups is 1. The summed E-state index contributed by atoms with van der Waals surface area (Å²) in [6.07, 6.45) is 5.03. The smallest absolute Gasteiger partial charge is 0.277 e. The van der Waals surface area contributed by atoms with Crippen molar-refractivity contribution in [2.24, 2.45) is 11.8 Å². The lowest BCUT2D eigenvalue weighted by Crippen LogP contribution is -2.42. The molecule has 0 bridgehead atoms. The molecule has 3 rings (SSSR count). The first-order chi connectivity index (χ1) is 14.3. The Hall–Kier alpha value is -2.70. The fraction of sp³-hybridized carbons (Fsp3) is 0.565. The van der Waals surface area contributed by atoms with Crippen LogP contribution < -0.4 is 0 Å². The quantitative estimate of drug-likeness (QED) is 0.276. The van der Waals surface area contributed by atoms with E-state index in [9.17, 15) is 19.7 Å². The molecule has 0 aromatic heterocycles. The molecule has 7 nitrogen and oxygen atoms in total. The van der Waals surface area contributed by atoms with Gasteiger partial charge >= 0.3 is 0 Å². The van der Waals surface area contributed by atoms with Gasteiger partial charge in [-0.3, -0.25) is 24.6 Å². The van der Waals surface area contributed by atoms with Gasteiger partial charge in [0.1, 0.15) is 5.70 Å². The third-order valence-corrected chi connectivity index (χ3v) is 5.93. The van der Waals surface area contributed by atoms with E-state index in [4.69, 9.17) is 0 Å². The number of unbranched alkanes of at least 4 members (excludes halogenated alkanes) is 3. The Labute approximate surface area is 177 Å². The molecule has 7 heteroatoms. The first-order valence-corrected chi connectivity index (χ1v) is 10.9. The standard InChI is InChI=1S/C23H31N3O4/c1-4-5-6-7-12-25-22(27)20(18-8-10-19(11-9-18)26(29)30)21(23(25)28)24-14-16(2)13-17(3)15-24/h8-11,16-17H,4-7,12-15H2,1-3H3. The molecule has 2 unspecified atom stereocenters. The van der Waals surface area contributed by atoms with Crippen LogP contribution in [0.4, 0.5) is 5.69 Å². The molecule has 2 aliphatic heterocycles. The molecule has 0 radical (unpaired) electrons. The number of amides is 2. The van der Waals surface area contributed by atoms with Crippen molar-refractivity contribution in [1.82, 2.24) is 9.80 Å². The Morgan fingerprint density at radius 1 is 1.00 bits per heavy atom. The lowest BCUT2D eigenvalue weighted by atomic mass is 9.91. The molecular formula is C23H31N3O4. The van der Waals surface area contributed by atoms with Gasteiger partial charge in [-0.25, -0.2) is 0 Å². The van der Waals surface area contributed by atoms with Crippen molar-refractivity contribution >= 4 is 23.1 Å². The normalized spacial score (nSPS) is 22.2. The number of likely N-dealkylation sites (tertiary alicyclic amines) is 1. The maximum absolute atomic E-state index is 13.3. The zero-order chi connectivity index (χ0) is 21.8. The zero-order valence-electron chi connectivity index (χ0n) is 18.1. The molecule has 30 heavy (non-hydrogen) atoms. The van der Waals surface area contributed by atoms with Crippen LogP contribution in [0.5, 0.6) is 0 Å². The predicted molar refractivity (Wildman–Crippen MR) is 115 cm³/mol. The number of non-ortho nitro benzene ring substituents is 1. The first kappa shape index (κ1) is 22.0. The molecule has 1 fully saturated rings. The van der Waals surface area contributed by atoms with Crippen molar-refractivity contribution in [2.75, 3.05) is 19.6 Å². The molecule has 0 N–H and O–H groups in total. The van der Waals surface area contributed by atoms with Crippen molar-refractivity contribution in [3.8, 4) is 0 Å². The average Bonchev–Trinajstić information content (AvgIpc) is 2.95. The van der Waals surface area contributed by atoms with E-state index in [1.54, 1.807) is 12.1 Å². The number of benzene rings is 1. The third kappa shape index (κ3) is 4.55. The fourth-order valence-corrected chi connectivity index (χ4v) is 4.61. The second-order valence-electron chi connectivity index (χ2n) is 8.70. The van der Waals surface area contributed by atoms with E-state index in [1.807, 2.05) is 0 Å². The minimum atomic E-state index is -0.464. The SMILES string of the molecule is CCCCCCN1C(=O)C(c2ccc([N+](=O)[O-])cc2)=C(N2CC(C)CC(C)C2)C1=O. The number of nitrogens with zero attached hydrogens (tertiary/aromatic N) is 3. The highest BCUT2D eigenvalue weighted by Gasteiger charge is 2.42. The van der Waals surface area contributed by atoms with Crippen molar-refractivity contribution < 1.29 is 14.5 Å². The molecule has 2 atom stereocenters. The van der Waals surface area contributed by atoms with Crippen LogP contribution in [0, 0.1) is 22.0 Å². The summed E-state index contributed by atoms with van der Waals surface area (Å²) >= 11 is 0. The van der Waals surface area contributed by atoms with Gasteiger partial charge in [0, 0.05) is 31.8 Å². The molecule has 1 aromatic rings. The van der Waals surface area contributed by atoms with E-state index in [0.29, 0.717) is 35.2 Å². The van der Waals surface area contributed by atoms with E-state index >= 15 is 0 Å². The Balaban J connectivity index is 1.96. The van der Waals surface area contributed by atoms with Crippen LogP contribution in [0.2, 0.25) is 0 Å². The minimum Gasteiger partial charge on any atom is -0.366 e. The largest absolute Gasteiger partial charge is 0.366 e. The lowest BCUT2D eigenvalue weighted by Gasteiger charge is -2.37.